The molecule has 2 aliphatic heterocycles. The normalized spacial score (nSPS) is 22.9. The first kappa shape index (κ1) is 21.9. The largest absolute Gasteiger partial charge is 0.338 e. The maximum Gasteiger partial charge on any atom is 0.322 e. The lowest BCUT2D eigenvalue weighted by molar-refractivity contribution is -0.122. The van der Waals surface area contributed by atoms with Crippen LogP contribution in [0.4, 0.5) is 4.79 Å². The van der Waals surface area contributed by atoms with Gasteiger partial charge in [-0.15, -0.1) is 23.1 Å². The van der Waals surface area contributed by atoms with E-state index in [-0.39, 0.29) is 17.7 Å². The maximum absolute atomic E-state index is 13.5. The van der Waals surface area contributed by atoms with Gasteiger partial charge in [-0.3, -0.25) is 14.9 Å². The number of benzene rings is 2. The molecule has 2 atom stereocenters. The lowest BCUT2D eigenvalue weighted by Crippen LogP contribution is -2.46. The van der Waals surface area contributed by atoms with E-state index >= 15 is 0 Å². The van der Waals surface area contributed by atoms with Crippen LogP contribution in [0.2, 0.25) is 0 Å². The minimum Gasteiger partial charge on any atom is -0.338 e. The summed E-state index contributed by atoms with van der Waals surface area (Å²) in [5.41, 5.74) is 0.640. The van der Waals surface area contributed by atoms with Crippen LogP contribution in [0.1, 0.15) is 41.0 Å². The second-order valence-corrected chi connectivity index (χ2v) is 10.7. The van der Waals surface area contributed by atoms with E-state index in [1.54, 1.807) is 18.3 Å². The van der Waals surface area contributed by atoms with E-state index in [0.29, 0.717) is 17.9 Å². The van der Waals surface area contributed by atoms with Crippen molar-refractivity contribution in [3.05, 3.63) is 59.1 Å². The van der Waals surface area contributed by atoms with E-state index in [4.69, 9.17) is 4.98 Å². The predicted molar refractivity (Wildman–Crippen MR) is 130 cm³/mol. The fraction of sp³-hybridized carbons (Fsp3) is 0.333. The van der Waals surface area contributed by atoms with Crippen LogP contribution in [0.25, 0.3) is 10.2 Å². The molecular formula is C24H24N4O3S2. The Balaban J connectivity index is 1.32. The molecule has 33 heavy (non-hydrogen) atoms. The molecule has 0 aliphatic carbocycles. The maximum atomic E-state index is 13.5. The number of amides is 4. The average Bonchev–Trinajstić information content (AvgIpc) is 3.37. The molecule has 1 aromatic heterocycles. The average molecular weight is 481 g/mol. The van der Waals surface area contributed by atoms with Gasteiger partial charge in [0.15, 0.2) is 0 Å². The molecule has 2 fully saturated rings. The van der Waals surface area contributed by atoms with Crippen LogP contribution in [0, 0.1) is 0 Å². The van der Waals surface area contributed by atoms with Gasteiger partial charge >= 0.3 is 6.03 Å². The molecule has 2 saturated heterocycles. The van der Waals surface area contributed by atoms with Crippen LogP contribution in [-0.2, 0) is 4.79 Å². The number of carbonyl (C=O) groups excluding carboxylic acids is 3. The number of piperidine rings is 1. The van der Waals surface area contributed by atoms with Crippen molar-refractivity contribution < 1.29 is 14.4 Å². The number of carbonyl (C=O) groups is 3. The number of thioether (sulfide) groups is 1. The fourth-order valence-corrected chi connectivity index (χ4v) is 6.50. The van der Waals surface area contributed by atoms with Crippen LogP contribution in [0.5, 0.6) is 0 Å². The molecular weight excluding hydrogens is 456 g/mol. The number of nitrogens with one attached hydrogen (secondary N) is 2. The van der Waals surface area contributed by atoms with Crippen LogP contribution in [0.3, 0.4) is 0 Å². The lowest BCUT2D eigenvalue weighted by Gasteiger charge is -2.32. The summed E-state index contributed by atoms with van der Waals surface area (Å²) in [6.07, 6.45) is 1.96. The predicted octanol–water partition coefficient (Wildman–Crippen LogP) is 4.01. The monoisotopic (exact) mass is 480 g/mol. The van der Waals surface area contributed by atoms with Crippen molar-refractivity contribution in [2.24, 2.45) is 0 Å². The van der Waals surface area contributed by atoms with E-state index in [2.05, 4.69) is 16.7 Å². The molecule has 3 heterocycles. The van der Waals surface area contributed by atoms with Gasteiger partial charge in [-0.2, -0.15) is 0 Å². The smallest absolute Gasteiger partial charge is 0.322 e. The van der Waals surface area contributed by atoms with Crippen molar-refractivity contribution in [3.8, 4) is 0 Å². The SMILES string of the molecule is C[C@]1(CSc2ccccc2C(=O)N2CCC[C@H](c3nc4ccccc4s3)C2)NC(=O)NC1=O. The third kappa shape index (κ3) is 4.35. The zero-order chi connectivity index (χ0) is 23.0. The van der Waals surface area contributed by atoms with Crippen molar-refractivity contribution in [1.82, 2.24) is 20.5 Å². The summed E-state index contributed by atoms with van der Waals surface area (Å²) in [5.74, 6) is 0.215. The minimum absolute atomic E-state index is 0.00558. The molecule has 0 spiro atoms. The topological polar surface area (TPSA) is 91.4 Å². The van der Waals surface area contributed by atoms with Gasteiger partial charge in [0.05, 0.1) is 20.8 Å². The highest BCUT2D eigenvalue weighted by Gasteiger charge is 2.42. The Labute approximate surface area is 200 Å². The molecule has 4 amide bonds. The van der Waals surface area contributed by atoms with E-state index < -0.39 is 11.6 Å². The Morgan fingerprint density at radius 1 is 1.21 bits per heavy atom. The summed E-state index contributed by atoms with van der Waals surface area (Å²) in [7, 11) is 0. The number of para-hydroxylation sites is 1. The number of fused-ring (bicyclic) bond motifs is 1. The van der Waals surface area contributed by atoms with Crippen LogP contribution in [0.15, 0.2) is 53.4 Å². The van der Waals surface area contributed by atoms with Crippen molar-refractivity contribution in [3.63, 3.8) is 0 Å². The van der Waals surface area contributed by atoms with Gasteiger partial charge in [-0.05, 0) is 44.0 Å². The zero-order valence-corrected chi connectivity index (χ0v) is 19.8. The highest BCUT2D eigenvalue weighted by atomic mass is 32.2. The number of thiazole rings is 1. The summed E-state index contributed by atoms with van der Waals surface area (Å²) >= 11 is 3.12. The second kappa shape index (κ2) is 8.79. The number of hydrogen-bond donors (Lipinski definition) is 2. The Morgan fingerprint density at radius 2 is 2.00 bits per heavy atom. The number of imide groups is 1. The second-order valence-electron chi connectivity index (χ2n) is 8.64. The van der Waals surface area contributed by atoms with Gasteiger partial charge in [0, 0.05) is 29.7 Å². The molecule has 7 nitrogen and oxygen atoms in total. The van der Waals surface area contributed by atoms with Gasteiger partial charge < -0.3 is 10.2 Å². The van der Waals surface area contributed by atoms with Crippen LogP contribution in [-0.4, -0.2) is 52.1 Å². The summed E-state index contributed by atoms with van der Waals surface area (Å²) in [5, 5.41) is 6.05. The Kier molecular flexibility index (Phi) is 5.84. The molecule has 0 radical (unpaired) electrons. The van der Waals surface area contributed by atoms with Gasteiger partial charge in [0.1, 0.15) is 5.54 Å². The van der Waals surface area contributed by atoms with E-state index in [1.807, 2.05) is 47.4 Å². The third-order valence-corrected chi connectivity index (χ3v) is 8.71. The van der Waals surface area contributed by atoms with Crippen molar-refractivity contribution in [1.29, 1.82) is 0 Å². The Bertz CT molecular complexity index is 1210. The van der Waals surface area contributed by atoms with Gasteiger partial charge in [0.25, 0.3) is 11.8 Å². The van der Waals surface area contributed by atoms with E-state index in [9.17, 15) is 14.4 Å². The molecule has 0 bridgehead atoms. The third-order valence-electron chi connectivity index (χ3n) is 6.12. The minimum atomic E-state index is -0.999. The molecule has 9 heteroatoms. The number of urea groups is 1. The Hall–Kier alpha value is -2.91. The van der Waals surface area contributed by atoms with E-state index in [0.717, 1.165) is 34.8 Å². The zero-order valence-electron chi connectivity index (χ0n) is 18.2. The fourth-order valence-electron chi connectivity index (χ4n) is 4.27. The van der Waals surface area contributed by atoms with E-state index in [1.165, 1.54) is 16.5 Å². The van der Waals surface area contributed by atoms with Crippen LogP contribution < -0.4 is 10.6 Å². The first-order valence-corrected chi connectivity index (χ1v) is 12.7. The van der Waals surface area contributed by atoms with Gasteiger partial charge in [-0.1, -0.05) is 24.3 Å². The quantitative estimate of drug-likeness (QED) is 0.425. The molecule has 2 aromatic carbocycles. The number of aromatic nitrogens is 1. The molecule has 3 aromatic rings. The summed E-state index contributed by atoms with van der Waals surface area (Å²) in [6, 6.07) is 15.1. The molecule has 0 saturated carbocycles. The molecule has 5 rings (SSSR count). The van der Waals surface area contributed by atoms with Crippen molar-refractivity contribution in [2.45, 2.75) is 36.1 Å². The highest BCUT2D eigenvalue weighted by Crippen LogP contribution is 2.34. The number of rotatable bonds is 5. The molecule has 2 aliphatic rings. The van der Waals surface area contributed by atoms with Crippen molar-refractivity contribution in [2.75, 3.05) is 18.8 Å². The standard InChI is InChI=1S/C24H24N4O3S2/c1-24(22(30)26-23(31)27-24)14-32-18-10-4-2-8-16(18)21(29)28-12-6-7-15(13-28)20-25-17-9-3-5-11-19(17)33-20/h2-5,8-11,15H,6-7,12-14H2,1H3,(H2,26,27,30,31)/t15-,24+/m0/s1. The molecule has 0 unspecified atom stereocenters. The number of likely N-dealkylation sites (tertiary alicyclic amines) is 1. The first-order valence-electron chi connectivity index (χ1n) is 10.9. The van der Waals surface area contributed by atoms with Gasteiger partial charge in [-0.25, -0.2) is 9.78 Å². The van der Waals surface area contributed by atoms with Crippen molar-refractivity contribution >= 4 is 51.2 Å². The number of hydrogen-bond acceptors (Lipinski definition) is 6. The number of nitrogens with zero attached hydrogens (tertiary/aromatic N) is 2. The highest BCUT2D eigenvalue weighted by molar-refractivity contribution is 7.99. The molecule has 2 N–H and O–H groups in total. The molecule has 170 valence electrons. The summed E-state index contributed by atoms with van der Waals surface area (Å²) in [6.45, 7) is 3.06. The van der Waals surface area contributed by atoms with Crippen LogP contribution >= 0.6 is 23.1 Å². The summed E-state index contributed by atoms with van der Waals surface area (Å²) < 4.78 is 1.18. The Morgan fingerprint density at radius 3 is 2.79 bits per heavy atom. The lowest BCUT2D eigenvalue weighted by atomic mass is 9.98. The van der Waals surface area contributed by atoms with Gasteiger partial charge in [0.2, 0.25) is 0 Å². The first-order chi connectivity index (χ1) is 15.9. The summed E-state index contributed by atoms with van der Waals surface area (Å²) in [4.78, 5) is 44.7.